The quantitative estimate of drug-likeness (QED) is 0.505. The molecular weight excluding hydrogens is 408 g/mol. The van der Waals surface area contributed by atoms with E-state index in [0.29, 0.717) is 11.6 Å². The van der Waals surface area contributed by atoms with Gasteiger partial charge in [0.15, 0.2) is 0 Å². The zero-order chi connectivity index (χ0) is 21.3. The van der Waals surface area contributed by atoms with E-state index in [1.807, 2.05) is 37.4 Å². The average molecular weight is 437 g/mol. The zero-order valence-electron chi connectivity index (χ0n) is 17.0. The van der Waals surface area contributed by atoms with Gasteiger partial charge in [-0.2, -0.15) is 0 Å². The van der Waals surface area contributed by atoms with E-state index in [2.05, 4.69) is 23.1 Å². The van der Waals surface area contributed by atoms with Crippen LogP contribution in [0.3, 0.4) is 0 Å². The molecule has 7 heteroatoms. The molecule has 5 nitrogen and oxygen atoms in total. The molecule has 0 unspecified atom stereocenters. The Morgan fingerprint density at radius 1 is 1.21 bits per heavy atom. The van der Waals surface area contributed by atoms with Crippen molar-refractivity contribution in [1.29, 1.82) is 0 Å². The predicted octanol–water partition coefficient (Wildman–Crippen LogP) is 4.27. The van der Waals surface area contributed by atoms with E-state index >= 15 is 0 Å². The van der Waals surface area contributed by atoms with Crippen LogP contribution in [-0.2, 0) is 23.0 Å². The van der Waals surface area contributed by atoms with Crippen LogP contribution < -0.4 is 9.46 Å². The van der Waals surface area contributed by atoms with Gasteiger partial charge in [-0.1, -0.05) is 36.7 Å². The Morgan fingerprint density at radius 2 is 1.93 bits per heavy atom. The number of likely N-dealkylation sites (N-methyl/N-ethyl adjacent to an activating group) is 1. The van der Waals surface area contributed by atoms with Crippen molar-refractivity contribution in [3.63, 3.8) is 0 Å². The maximum atomic E-state index is 12.1. The number of benzene rings is 2. The van der Waals surface area contributed by atoms with Gasteiger partial charge in [-0.25, -0.2) is 13.1 Å². The first kappa shape index (κ1) is 23.4. The van der Waals surface area contributed by atoms with Crippen LogP contribution in [0.15, 0.2) is 60.0 Å². The fourth-order valence-electron chi connectivity index (χ4n) is 2.80. The number of ether oxygens (including phenoxy) is 1. The number of rotatable bonds is 12. The molecule has 158 valence electrons. The van der Waals surface area contributed by atoms with E-state index < -0.39 is 10.0 Å². The Kier molecular flexibility index (Phi) is 9.17. The second kappa shape index (κ2) is 11.4. The zero-order valence-corrected chi connectivity index (χ0v) is 18.6. The second-order valence-corrected chi connectivity index (χ2v) is 9.08. The maximum absolute atomic E-state index is 12.1. The van der Waals surface area contributed by atoms with Gasteiger partial charge in [0.05, 0.1) is 11.5 Å². The highest BCUT2D eigenvalue weighted by atomic mass is 35.5. The molecule has 0 radical (unpaired) electrons. The van der Waals surface area contributed by atoms with Crippen LogP contribution in [0.2, 0.25) is 5.02 Å². The van der Waals surface area contributed by atoms with Crippen molar-refractivity contribution in [3.8, 4) is 5.75 Å². The Balaban J connectivity index is 1.95. The predicted molar refractivity (Wildman–Crippen MR) is 119 cm³/mol. The largest absolute Gasteiger partial charge is 0.493 e. The maximum Gasteiger partial charge on any atom is 0.240 e. The van der Waals surface area contributed by atoms with Crippen LogP contribution in [0.1, 0.15) is 24.5 Å². The second-order valence-electron chi connectivity index (χ2n) is 6.87. The summed E-state index contributed by atoms with van der Waals surface area (Å²) >= 11 is 6.16. The van der Waals surface area contributed by atoms with Crippen molar-refractivity contribution in [2.45, 2.75) is 31.2 Å². The van der Waals surface area contributed by atoms with Crippen LogP contribution in [0.5, 0.6) is 5.75 Å². The molecular formula is C22H29ClN2O3S. The van der Waals surface area contributed by atoms with Crippen LogP contribution in [-0.4, -0.2) is 40.1 Å². The molecule has 0 amide bonds. The van der Waals surface area contributed by atoms with Crippen LogP contribution >= 0.6 is 11.6 Å². The SMILES string of the molecule is C=CCNS(=O)(=O)c1ccc(CCN(C)Cc2cc(Cl)ccc2OCCC)cc1. The Morgan fingerprint density at radius 3 is 2.59 bits per heavy atom. The van der Waals surface area contributed by atoms with Gasteiger partial charge in [0.25, 0.3) is 0 Å². The van der Waals surface area contributed by atoms with E-state index in [1.54, 1.807) is 12.1 Å². The molecule has 0 saturated heterocycles. The Labute approximate surface area is 179 Å². The number of sulfonamides is 1. The molecule has 0 fully saturated rings. The van der Waals surface area contributed by atoms with E-state index in [0.717, 1.165) is 42.8 Å². The average Bonchev–Trinajstić information content (AvgIpc) is 2.70. The topological polar surface area (TPSA) is 58.6 Å². The van der Waals surface area contributed by atoms with Gasteiger partial charge in [-0.3, -0.25) is 0 Å². The lowest BCUT2D eigenvalue weighted by atomic mass is 10.1. The van der Waals surface area contributed by atoms with Gasteiger partial charge >= 0.3 is 0 Å². The van der Waals surface area contributed by atoms with Gasteiger partial charge < -0.3 is 9.64 Å². The van der Waals surface area contributed by atoms with Gasteiger partial charge in [0.2, 0.25) is 10.0 Å². The number of nitrogens with one attached hydrogen (secondary N) is 1. The number of nitrogens with zero attached hydrogens (tertiary/aromatic N) is 1. The highest BCUT2D eigenvalue weighted by Crippen LogP contribution is 2.24. The summed E-state index contributed by atoms with van der Waals surface area (Å²) in [5.41, 5.74) is 2.14. The summed E-state index contributed by atoms with van der Waals surface area (Å²) in [6, 6.07) is 12.7. The minimum Gasteiger partial charge on any atom is -0.493 e. The minimum absolute atomic E-state index is 0.211. The monoisotopic (exact) mass is 436 g/mol. The standard InChI is InChI=1S/C22H29ClN2O3S/c1-4-13-24-29(26,27)21-9-6-18(7-10-21)12-14-25(3)17-19-16-20(23)8-11-22(19)28-15-5-2/h4,6-11,16,24H,1,5,12-15,17H2,2-3H3. The van der Waals surface area contributed by atoms with Crippen LogP contribution in [0.4, 0.5) is 0 Å². The third-order valence-corrected chi connectivity index (χ3v) is 6.03. The van der Waals surface area contributed by atoms with Crippen molar-refractivity contribution in [2.75, 3.05) is 26.7 Å². The first-order valence-corrected chi connectivity index (χ1v) is 11.5. The van der Waals surface area contributed by atoms with Crippen LogP contribution in [0.25, 0.3) is 0 Å². The van der Waals surface area contributed by atoms with Gasteiger partial charge in [-0.05, 0) is 55.8 Å². The van der Waals surface area contributed by atoms with E-state index in [1.165, 1.54) is 6.08 Å². The van der Waals surface area contributed by atoms with E-state index in [9.17, 15) is 8.42 Å². The third kappa shape index (κ3) is 7.48. The number of halogens is 1. The number of hydrogen-bond donors (Lipinski definition) is 1. The molecule has 0 aliphatic rings. The summed E-state index contributed by atoms with van der Waals surface area (Å²) in [4.78, 5) is 2.45. The summed E-state index contributed by atoms with van der Waals surface area (Å²) in [5.74, 6) is 0.865. The summed E-state index contributed by atoms with van der Waals surface area (Å²) in [6.45, 7) is 8.02. The Bertz CT molecular complexity index is 899. The lowest BCUT2D eigenvalue weighted by molar-refractivity contribution is 0.294. The fraction of sp³-hybridized carbons (Fsp3) is 0.364. The first-order valence-electron chi connectivity index (χ1n) is 9.65. The molecule has 29 heavy (non-hydrogen) atoms. The summed E-state index contributed by atoms with van der Waals surface area (Å²) in [5, 5.41) is 0.694. The van der Waals surface area contributed by atoms with E-state index in [-0.39, 0.29) is 11.4 Å². The highest BCUT2D eigenvalue weighted by molar-refractivity contribution is 7.89. The molecule has 0 aliphatic heterocycles. The smallest absolute Gasteiger partial charge is 0.240 e. The minimum atomic E-state index is -3.49. The molecule has 0 spiro atoms. The molecule has 0 heterocycles. The molecule has 0 saturated carbocycles. The molecule has 2 aromatic rings. The molecule has 0 aromatic heterocycles. The van der Waals surface area contributed by atoms with Crippen molar-refractivity contribution in [2.24, 2.45) is 0 Å². The molecule has 0 bridgehead atoms. The summed E-state index contributed by atoms with van der Waals surface area (Å²) in [6.07, 6.45) is 3.27. The van der Waals surface area contributed by atoms with Gasteiger partial charge in [0, 0.05) is 30.2 Å². The molecule has 0 atom stereocenters. The van der Waals surface area contributed by atoms with Crippen molar-refractivity contribution in [3.05, 3.63) is 71.3 Å². The molecule has 2 rings (SSSR count). The highest BCUT2D eigenvalue weighted by Gasteiger charge is 2.13. The normalized spacial score (nSPS) is 11.6. The molecule has 1 N–H and O–H groups in total. The lowest BCUT2D eigenvalue weighted by Crippen LogP contribution is -2.23. The summed E-state index contributed by atoms with van der Waals surface area (Å²) < 4.78 is 32.5. The molecule has 2 aromatic carbocycles. The van der Waals surface area contributed by atoms with Crippen molar-refractivity contribution < 1.29 is 13.2 Å². The summed E-state index contributed by atoms with van der Waals surface area (Å²) in [7, 11) is -1.44. The lowest BCUT2D eigenvalue weighted by Gasteiger charge is -2.19. The first-order chi connectivity index (χ1) is 13.9. The van der Waals surface area contributed by atoms with Crippen molar-refractivity contribution in [1.82, 2.24) is 9.62 Å². The van der Waals surface area contributed by atoms with E-state index in [4.69, 9.17) is 16.3 Å². The van der Waals surface area contributed by atoms with Gasteiger partial charge in [0.1, 0.15) is 5.75 Å². The Hall–Kier alpha value is -1.86. The fourth-order valence-corrected chi connectivity index (χ4v) is 3.99. The van der Waals surface area contributed by atoms with Gasteiger partial charge in [-0.15, -0.1) is 6.58 Å². The van der Waals surface area contributed by atoms with Crippen molar-refractivity contribution >= 4 is 21.6 Å². The third-order valence-electron chi connectivity index (χ3n) is 4.36. The molecule has 0 aliphatic carbocycles. The number of hydrogen-bond acceptors (Lipinski definition) is 4. The van der Waals surface area contributed by atoms with Crippen LogP contribution in [0, 0.1) is 0 Å².